The number of hydrogen-bond acceptors (Lipinski definition) is 5. The molecule has 0 saturated carbocycles. The summed E-state index contributed by atoms with van der Waals surface area (Å²) in [6.07, 6.45) is 5.04. The number of furan rings is 1. The van der Waals surface area contributed by atoms with Crippen LogP contribution in [0.2, 0.25) is 0 Å². The van der Waals surface area contributed by atoms with E-state index in [9.17, 15) is 4.79 Å². The maximum Gasteiger partial charge on any atom is 0.254 e. The van der Waals surface area contributed by atoms with Crippen LogP contribution in [-0.4, -0.2) is 30.0 Å². The molecule has 0 radical (unpaired) electrons. The highest BCUT2D eigenvalue weighted by Crippen LogP contribution is 2.24. The second kappa shape index (κ2) is 8.20. The van der Waals surface area contributed by atoms with Gasteiger partial charge in [0.1, 0.15) is 17.3 Å². The molecule has 26 heavy (non-hydrogen) atoms. The van der Waals surface area contributed by atoms with Crippen molar-refractivity contribution < 1.29 is 18.7 Å². The molecule has 0 aliphatic carbocycles. The summed E-state index contributed by atoms with van der Waals surface area (Å²) in [7, 11) is 3.11. The summed E-state index contributed by atoms with van der Waals surface area (Å²) in [4.78, 5) is 19.0. The molecule has 0 saturated heterocycles. The molecule has 0 N–H and O–H groups in total. The molecule has 0 aliphatic heterocycles. The van der Waals surface area contributed by atoms with Crippen LogP contribution in [0.25, 0.3) is 0 Å². The molecule has 0 aliphatic rings. The molecule has 2 heterocycles. The van der Waals surface area contributed by atoms with Gasteiger partial charge in [-0.2, -0.15) is 0 Å². The lowest BCUT2D eigenvalue weighted by atomic mass is 10.1. The molecule has 3 aromatic rings. The first-order valence-electron chi connectivity index (χ1n) is 8.13. The first kappa shape index (κ1) is 17.5. The van der Waals surface area contributed by atoms with E-state index in [0.29, 0.717) is 35.9 Å². The normalized spacial score (nSPS) is 10.4. The van der Waals surface area contributed by atoms with Gasteiger partial charge in [0.2, 0.25) is 0 Å². The number of methoxy groups -OCH3 is 2. The molecule has 2 aromatic heterocycles. The fourth-order valence-electron chi connectivity index (χ4n) is 2.62. The van der Waals surface area contributed by atoms with Crippen molar-refractivity contribution in [3.8, 4) is 11.5 Å². The van der Waals surface area contributed by atoms with Gasteiger partial charge in [-0.1, -0.05) is 6.07 Å². The minimum Gasteiger partial charge on any atom is -0.497 e. The van der Waals surface area contributed by atoms with Crippen molar-refractivity contribution in [1.29, 1.82) is 0 Å². The molecule has 6 nitrogen and oxygen atoms in total. The summed E-state index contributed by atoms with van der Waals surface area (Å²) in [6, 6.07) is 12.6. The third-order valence-corrected chi connectivity index (χ3v) is 3.91. The van der Waals surface area contributed by atoms with Crippen LogP contribution in [0, 0.1) is 0 Å². The van der Waals surface area contributed by atoms with Crippen LogP contribution < -0.4 is 9.47 Å². The predicted molar refractivity (Wildman–Crippen MR) is 96.1 cm³/mol. The van der Waals surface area contributed by atoms with E-state index < -0.39 is 0 Å². The number of carbonyl (C=O) groups excluding carboxylic acids is 1. The topological polar surface area (TPSA) is 64.8 Å². The average Bonchev–Trinajstić information content (AvgIpc) is 3.20. The lowest BCUT2D eigenvalue weighted by molar-refractivity contribution is 0.0717. The van der Waals surface area contributed by atoms with Crippen molar-refractivity contribution in [2.75, 3.05) is 14.2 Å². The van der Waals surface area contributed by atoms with Crippen LogP contribution in [0.5, 0.6) is 11.5 Å². The number of nitrogens with zero attached hydrogens (tertiary/aromatic N) is 2. The minimum absolute atomic E-state index is 0.151. The maximum absolute atomic E-state index is 13.2. The van der Waals surface area contributed by atoms with Crippen molar-refractivity contribution in [3.63, 3.8) is 0 Å². The Labute approximate surface area is 152 Å². The summed E-state index contributed by atoms with van der Waals surface area (Å²) < 4.78 is 16.0. The second-order valence-corrected chi connectivity index (χ2v) is 5.70. The molecule has 6 heteroatoms. The highest BCUT2D eigenvalue weighted by Gasteiger charge is 2.19. The predicted octanol–water partition coefficient (Wildman–Crippen LogP) is 3.53. The Hall–Kier alpha value is -3.28. The standard InChI is InChI=1S/C20H20N2O4/c1-24-18-9-16(10-19(11-18)25-2)20(23)22(14-17-6-4-8-26-17)13-15-5-3-7-21-12-15/h3-12H,13-14H2,1-2H3. The zero-order chi connectivity index (χ0) is 18.4. The van der Waals surface area contributed by atoms with Gasteiger partial charge in [0.25, 0.3) is 5.91 Å². The van der Waals surface area contributed by atoms with Gasteiger partial charge >= 0.3 is 0 Å². The van der Waals surface area contributed by atoms with Gasteiger partial charge in [0.15, 0.2) is 0 Å². The van der Waals surface area contributed by atoms with E-state index in [-0.39, 0.29) is 5.91 Å². The molecule has 0 spiro atoms. The molecule has 0 bridgehead atoms. The molecule has 1 aromatic carbocycles. The third kappa shape index (κ3) is 4.22. The fraction of sp³-hybridized carbons (Fsp3) is 0.200. The zero-order valence-electron chi connectivity index (χ0n) is 14.7. The average molecular weight is 352 g/mol. The number of ether oxygens (including phenoxy) is 2. The van der Waals surface area contributed by atoms with E-state index in [1.54, 1.807) is 62.0 Å². The second-order valence-electron chi connectivity index (χ2n) is 5.70. The van der Waals surface area contributed by atoms with Gasteiger partial charge < -0.3 is 18.8 Å². The van der Waals surface area contributed by atoms with Crippen molar-refractivity contribution >= 4 is 5.91 Å². The molecule has 1 amide bonds. The summed E-state index contributed by atoms with van der Waals surface area (Å²) in [5.41, 5.74) is 1.42. The monoisotopic (exact) mass is 352 g/mol. The van der Waals surface area contributed by atoms with Crippen molar-refractivity contribution in [1.82, 2.24) is 9.88 Å². The Bertz CT molecular complexity index is 825. The molecule has 0 atom stereocenters. The number of carbonyl (C=O) groups is 1. The quantitative estimate of drug-likeness (QED) is 0.651. The van der Waals surface area contributed by atoms with Crippen LogP contribution >= 0.6 is 0 Å². The molecule has 3 rings (SSSR count). The Morgan fingerprint density at radius 3 is 2.42 bits per heavy atom. The van der Waals surface area contributed by atoms with E-state index >= 15 is 0 Å². The molecule has 0 fully saturated rings. The van der Waals surface area contributed by atoms with Crippen LogP contribution in [0.15, 0.2) is 65.5 Å². The van der Waals surface area contributed by atoms with Crippen molar-refractivity contribution in [3.05, 3.63) is 78.0 Å². The third-order valence-electron chi connectivity index (χ3n) is 3.91. The van der Waals surface area contributed by atoms with Crippen molar-refractivity contribution in [2.45, 2.75) is 13.1 Å². The molecule has 134 valence electrons. The first-order chi connectivity index (χ1) is 12.7. The van der Waals surface area contributed by atoms with Gasteiger partial charge in [-0.15, -0.1) is 0 Å². The summed E-state index contributed by atoms with van der Waals surface area (Å²) in [6.45, 7) is 0.757. The summed E-state index contributed by atoms with van der Waals surface area (Å²) in [5, 5.41) is 0. The van der Waals surface area contributed by atoms with Crippen LogP contribution in [-0.2, 0) is 13.1 Å². The highest BCUT2D eigenvalue weighted by molar-refractivity contribution is 5.95. The number of pyridine rings is 1. The van der Waals surface area contributed by atoms with Gasteiger partial charge in [-0.05, 0) is 35.9 Å². The van der Waals surface area contributed by atoms with E-state index in [1.807, 2.05) is 18.2 Å². The Balaban J connectivity index is 1.91. The Kier molecular flexibility index (Phi) is 5.53. The maximum atomic E-state index is 13.2. The van der Waals surface area contributed by atoms with Crippen molar-refractivity contribution in [2.24, 2.45) is 0 Å². The van der Waals surface area contributed by atoms with E-state index in [0.717, 1.165) is 5.56 Å². The van der Waals surface area contributed by atoms with E-state index in [1.165, 1.54) is 0 Å². The number of hydrogen-bond donors (Lipinski definition) is 0. The molecular weight excluding hydrogens is 332 g/mol. The zero-order valence-corrected chi connectivity index (χ0v) is 14.7. The fourth-order valence-corrected chi connectivity index (χ4v) is 2.62. The summed E-state index contributed by atoms with van der Waals surface area (Å²) in [5.74, 6) is 1.68. The number of benzene rings is 1. The summed E-state index contributed by atoms with van der Waals surface area (Å²) >= 11 is 0. The van der Waals surface area contributed by atoms with Crippen LogP contribution in [0.4, 0.5) is 0 Å². The van der Waals surface area contributed by atoms with Gasteiger partial charge in [-0.3, -0.25) is 9.78 Å². The lowest BCUT2D eigenvalue weighted by Gasteiger charge is -2.22. The minimum atomic E-state index is -0.151. The van der Waals surface area contributed by atoms with Gasteiger partial charge in [-0.25, -0.2) is 0 Å². The highest BCUT2D eigenvalue weighted by atomic mass is 16.5. The Morgan fingerprint density at radius 1 is 1.08 bits per heavy atom. The van der Waals surface area contributed by atoms with Crippen LogP contribution in [0.1, 0.15) is 21.7 Å². The molecule has 0 unspecified atom stereocenters. The van der Waals surface area contributed by atoms with Gasteiger partial charge in [0.05, 0.1) is 27.0 Å². The number of amides is 1. The number of aromatic nitrogens is 1. The Morgan fingerprint density at radius 2 is 1.85 bits per heavy atom. The van der Waals surface area contributed by atoms with Crippen LogP contribution in [0.3, 0.4) is 0 Å². The smallest absolute Gasteiger partial charge is 0.254 e. The van der Waals surface area contributed by atoms with E-state index in [2.05, 4.69) is 4.98 Å². The molecular formula is C20H20N2O4. The number of rotatable bonds is 7. The van der Waals surface area contributed by atoms with Gasteiger partial charge in [0, 0.05) is 30.6 Å². The first-order valence-corrected chi connectivity index (χ1v) is 8.13. The SMILES string of the molecule is COc1cc(OC)cc(C(=O)N(Cc2cccnc2)Cc2ccco2)c1. The largest absolute Gasteiger partial charge is 0.497 e. The lowest BCUT2D eigenvalue weighted by Crippen LogP contribution is -2.30. The van der Waals surface area contributed by atoms with E-state index in [4.69, 9.17) is 13.9 Å².